The number of hydrogen-bond acceptors (Lipinski definition) is 3. The Labute approximate surface area is 122 Å². The number of rotatable bonds is 4. The third-order valence-electron chi connectivity index (χ3n) is 3.35. The first-order chi connectivity index (χ1) is 10.1. The highest BCUT2D eigenvalue weighted by Crippen LogP contribution is 2.30. The molecule has 108 valence electrons. The zero-order valence-electron chi connectivity index (χ0n) is 12.1. The normalized spacial score (nSPS) is 11.4. The number of oxazole rings is 1. The van der Waals surface area contributed by atoms with Crippen molar-refractivity contribution in [1.29, 1.82) is 0 Å². The molecule has 0 aliphatic heterocycles. The second-order valence-corrected chi connectivity index (χ2v) is 5.29. The molecule has 4 heteroatoms. The van der Waals surface area contributed by atoms with Crippen LogP contribution >= 0.6 is 0 Å². The molecule has 0 amide bonds. The minimum absolute atomic E-state index is 0.226. The highest BCUT2D eigenvalue weighted by molar-refractivity contribution is 5.95. The van der Waals surface area contributed by atoms with E-state index in [1.54, 1.807) is 18.3 Å². The number of nitrogens with zero attached hydrogens (tertiary/aromatic N) is 1. The first-order valence-electron chi connectivity index (χ1n) is 7.01. The van der Waals surface area contributed by atoms with E-state index >= 15 is 0 Å². The minimum atomic E-state index is -0.226. The van der Waals surface area contributed by atoms with Crippen LogP contribution in [-0.4, -0.2) is 11.0 Å². The van der Waals surface area contributed by atoms with Gasteiger partial charge in [0.05, 0.1) is 12.7 Å². The Hall–Kier alpha value is -2.20. The number of halogens is 1. The molecule has 3 rings (SSSR count). The molecule has 0 spiro atoms. The first-order valence-corrected chi connectivity index (χ1v) is 7.01. The van der Waals surface area contributed by atoms with Crippen LogP contribution in [0, 0.1) is 5.82 Å². The molecule has 0 saturated heterocycles. The average molecular weight is 284 g/mol. The fourth-order valence-electron chi connectivity index (χ4n) is 2.29. The van der Waals surface area contributed by atoms with Crippen molar-refractivity contribution in [3.05, 3.63) is 54.3 Å². The maximum atomic E-state index is 13.8. The summed E-state index contributed by atoms with van der Waals surface area (Å²) < 4.78 is 19.6. The molecule has 3 nitrogen and oxygen atoms in total. The van der Waals surface area contributed by atoms with Gasteiger partial charge in [-0.2, -0.15) is 0 Å². The summed E-state index contributed by atoms with van der Waals surface area (Å²) in [6, 6.07) is 10.9. The molecular formula is C17H17FN2O. The molecule has 0 aliphatic carbocycles. The summed E-state index contributed by atoms with van der Waals surface area (Å²) in [5.41, 5.74) is 0.857. The van der Waals surface area contributed by atoms with E-state index in [9.17, 15) is 4.39 Å². The van der Waals surface area contributed by atoms with Gasteiger partial charge in [-0.05, 0) is 17.5 Å². The van der Waals surface area contributed by atoms with E-state index in [0.717, 1.165) is 10.9 Å². The van der Waals surface area contributed by atoms with Gasteiger partial charge in [-0.15, -0.1) is 0 Å². The molecule has 21 heavy (non-hydrogen) atoms. The molecule has 3 aromatic rings. The lowest BCUT2D eigenvalue weighted by atomic mass is 10.0. The van der Waals surface area contributed by atoms with E-state index in [1.807, 2.05) is 18.2 Å². The standard InChI is InChI=1S/C17H17FN2O/c1-11(2)19-10-17-20-9-16(21-17)14-7-8-15(18)13-6-4-3-5-12(13)14/h3-9,11,19H,10H2,1-2H3. The molecule has 1 N–H and O–H groups in total. The summed E-state index contributed by atoms with van der Waals surface area (Å²) in [4.78, 5) is 4.27. The summed E-state index contributed by atoms with van der Waals surface area (Å²) in [5.74, 6) is 1.06. The van der Waals surface area contributed by atoms with Crippen LogP contribution in [0.3, 0.4) is 0 Å². The van der Waals surface area contributed by atoms with Gasteiger partial charge in [0.25, 0.3) is 0 Å². The van der Waals surface area contributed by atoms with Gasteiger partial charge in [0.1, 0.15) is 5.82 Å². The predicted molar refractivity (Wildman–Crippen MR) is 81.4 cm³/mol. The molecule has 2 aromatic carbocycles. The van der Waals surface area contributed by atoms with Gasteiger partial charge >= 0.3 is 0 Å². The van der Waals surface area contributed by atoms with Gasteiger partial charge in [0.2, 0.25) is 5.89 Å². The number of nitrogens with one attached hydrogen (secondary N) is 1. The average Bonchev–Trinajstić information content (AvgIpc) is 2.94. The molecule has 0 fully saturated rings. The topological polar surface area (TPSA) is 38.1 Å². The molecule has 0 bridgehead atoms. The van der Waals surface area contributed by atoms with Crippen molar-refractivity contribution < 1.29 is 8.81 Å². The maximum Gasteiger partial charge on any atom is 0.208 e. The van der Waals surface area contributed by atoms with E-state index < -0.39 is 0 Å². The number of aromatic nitrogens is 1. The molecule has 1 aromatic heterocycles. The van der Waals surface area contributed by atoms with Crippen LogP contribution in [0.4, 0.5) is 4.39 Å². The molecule has 1 heterocycles. The number of benzene rings is 2. The van der Waals surface area contributed by atoms with Crippen molar-refractivity contribution >= 4 is 10.8 Å². The van der Waals surface area contributed by atoms with Crippen LogP contribution in [0.15, 0.2) is 47.0 Å². The van der Waals surface area contributed by atoms with Gasteiger partial charge in [0, 0.05) is 17.0 Å². The highest BCUT2D eigenvalue weighted by Gasteiger charge is 2.12. The third-order valence-corrected chi connectivity index (χ3v) is 3.35. The quantitative estimate of drug-likeness (QED) is 0.782. The summed E-state index contributed by atoms with van der Waals surface area (Å²) in [5, 5.41) is 4.68. The van der Waals surface area contributed by atoms with Crippen molar-refractivity contribution in [3.8, 4) is 11.3 Å². The Kier molecular flexibility index (Phi) is 3.71. The summed E-state index contributed by atoms with van der Waals surface area (Å²) in [6.07, 6.45) is 1.69. The fourth-order valence-corrected chi connectivity index (χ4v) is 2.29. The van der Waals surface area contributed by atoms with Crippen LogP contribution in [0.2, 0.25) is 0 Å². The smallest absolute Gasteiger partial charge is 0.208 e. The van der Waals surface area contributed by atoms with Crippen LogP contribution in [0.25, 0.3) is 22.1 Å². The molecule has 0 unspecified atom stereocenters. The van der Waals surface area contributed by atoms with Crippen molar-refractivity contribution in [1.82, 2.24) is 10.3 Å². The van der Waals surface area contributed by atoms with Crippen molar-refractivity contribution in [3.63, 3.8) is 0 Å². The molecule has 0 aliphatic rings. The van der Waals surface area contributed by atoms with Gasteiger partial charge < -0.3 is 9.73 Å². The molecule has 0 saturated carbocycles. The minimum Gasteiger partial charge on any atom is -0.439 e. The zero-order valence-corrected chi connectivity index (χ0v) is 12.1. The van der Waals surface area contributed by atoms with E-state index in [-0.39, 0.29) is 5.82 Å². The predicted octanol–water partition coefficient (Wildman–Crippen LogP) is 4.13. The third kappa shape index (κ3) is 2.81. The molecule has 0 radical (unpaired) electrons. The SMILES string of the molecule is CC(C)NCc1ncc(-c2ccc(F)c3ccccc23)o1. The lowest BCUT2D eigenvalue weighted by Crippen LogP contribution is -2.21. The lowest BCUT2D eigenvalue weighted by Gasteiger charge is -2.05. The van der Waals surface area contributed by atoms with Crippen LogP contribution in [0.5, 0.6) is 0 Å². The van der Waals surface area contributed by atoms with E-state index in [0.29, 0.717) is 29.6 Å². The van der Waals surface area contributed by atoms with E-state index in [2.05, 4.69) is 24.1 Å². The van der Waals surface area contributed by atoms with Crippen LogP contribution in [0.1, 0.15) is 19.7 Å². The first kappa shape index (κ1) is 13.8. The van der Waals surface area contributed by atoms with Gasteiger partial charge in [-0.1, -0.05) is 38.1 Å². The fraction of sp³-hybridized carbons (Fsp3) is 0.235. The van der Waals surface area contributed by atoms with E-state index in [4.69, 9.17) is 4.42 Å². The van der Waals surface area contributed by atoms with Gasteiger partial charge in [-0.3, -0.25) is 0 Å². The Morgan fingerprint density at radius 3 is 2.67 bits per heavy atom. The summed E-state index contributed by atoms with van der Waals surface area (Å²) in [7, 11) is 0. The van der Waals surface area contributed by atoms with Crippen molar-refractivity contribution in [2.75, 3.05) is 0 Å². The monoisotopic (exact) mass is 284 g/mol. The molecular weight excluding hydrogens is 267 g/mol. The summed E-state index contributed by atoms with van der Waals surface area (Å²) in [6.45, 7) is 4.71. The van der Waals surface area contributed by atoms with Gasteiger partial charge in [-0.25, -0.2) is 9.37 Å². The second kappa shape index (κ2) is 5.66. The molecule has 0 atom stereocenters. The van der Waals surface area contributed by atoms with Gasteiger partial charge in [0.15, 0.2) is 5.76 Å². The Morgan fingerprint density at radius 2 is 1.90 bits per heavy atom. The Bertz CT molecular complexity index is 764. The van der Waals surface area contributed by atoms with Crippen LogP contribution < -0.4 is 5.32 Å². The van der Waals surface area contributed by atoms with E-state index in [1.165, 1.54) is 6.07 Å². The maximum absolute atomic E-state index is 13.8. The van der Waals surface area contributed by atoms with Crippen molar-refractivity contribution in [2.45, 2.75) is 26.4 Å². The Morgan fingerprint density at radius 1 is 1.14 bits per heavy atom. The zero-order chi connectivity index (χ0) is 14.8. The largest absolute Gasteiger partial charge is 0.439 e. The summed E-state index contributed by atoms with van der Waals surface area (Å²) >= 11 is 0. The number of fused-ring (bicyclic) bond motifs is 1. The van der Waals surface area contributed by atoms with Crippen LogP contribution in [-0.2, 0) is 6.54 Å². The highest BCUT2D eigenvalue weighted by atomic mass is 19.1. The van der Waals surface area contributed by atoms with Crippen molar-refractivity contribution in [2.24, 2.45) is 0 Å². The number of hydrogen-bond donors (Lipinski definition) is 1. The lowest BCUT2D eigenvalue weighted by molar-refractivity contribution is 0.459. The second-order valence-electron chi connectivity index (χ2n) is 5.29. The Balaban J connectivity index is 1.99.